The molecule has 2 unspecified atom stereocenters. The lowest BCUT2D eigenvalue weighted by atomic mass is 9.80. The summed E-state index contributed by atoms with van der Waals surface area (Å²) in [4.78, 5) is 73.7. The molecule has 17 heteroatoms. The zero-order valence-electron chi connectivity index (χ0n) is 41.2. The van der Waals surface area contributed by atoms with Crippen LogP contribution in [0.25, 0.3) is 44.3 Å². The van der Waals surface area contributed by atoms with Gasteiger partial charge >= 0.3 is 0 Å². The molecule has 1 amide bonds. The first-order valence-electron chi connectivity index (χ1n) is 25.7. The van der Waals surface area contributed by atoms with Crippen molar-refractivity contribution in [2.45, 2.75) is 109 Å². The highest BCUT2D eigenvalue weighted by molar-refractivity contribution is 6.66. The standard InChI is InChI=1S/C28H32ClN5O2.C25H30ClN5O.C3H3ClO.CH4/c1-2-26(36)34-13-5-6-19(17-34)25(35)14-18-9-11-20(12-10-18)32-28-31-16-23(29)27(33-28)22-15-30-24-8-4-3-7-21(22)24;26-21-15-29-25(31-24(21)20-14-28-22-6-2-1-5-19(20)22)30-18-9-7-16(8-10-18)12-23(32)17-4-3-11-27-13-17;1-2-3(4)5;/h2-4,7-8,15-16,18-20,30H,1,5-6,9-14,17H2,(H,31,32,33);1-2,5-6,14-18,27-28H,3-4,7-13H2,(H,29,30,31);2H,1H2;1H4. The minimum atomic E-state index is -0.509. The molecule has 4 aromatic heterocycles. The van der Waals surface area contributed by atoms with Crippen molar-refractivity contribution in [3.8, 4) is 22.5 Å². The topological polar surface area (TPSA) is 191 Å². The number of Topliss-reactive ketones (excluding diaryl/α,β-unsaturated/α-hetero) is 2. The molecule has 2 aromatic carbocycles. The van der Waals surface area contributed by atoms with Crippen LogP contribution < -0.4 is 16.0 Å². The number of anilines is 2. The quantitative estimate of drug-likeness (QED) is 0.0515. The van der Waals surface area contributed by atoms with Crippen LogP contribution in [0.3, 0.4) is 0 Å². The van der Waals surface area contributed by atoms with E-state index >= 15 is 0 Å². The van der Waals surface area contributed by atoms with Gasteiger partial charge in [-0.15, -0.1) is 0 Å². The first-order chi connectivity index (χ1) is 35.5. The number of likely N-dealkylation sites (tertiary alicyclic amines) is 1. The van der Waals surface area contributed by atoms with Crippen LogP contribution in [0.5, 0.6) is 0 Å². The van der Waals surface area contributed by atoms with E-state index in [1.54, 1.807) is 17.3 Å². The Morgan fingerprint density at radius 2 is 1.14 bits per heavy atom. The van der Waals surface area contributed by atoms with Crippen LogP contribution in [0.15, 0.2) is 98.6 Å². The molecular formula is C57H69Cl3N10O4. The van der Waals surface area contributed by atoms with Gasteiger partial charge in [-0.05, 0) is 131 Å². The van der Waals surface area contributed by atoms with Gasteiger partial charge in [-0.1, -0.05) is 80.2 Å². The molecule has 10 rings (SSSR count). The van der Waals surface area contributed by atoms with Gasteiger partial charge in [-0.2, -0.15) is 0 Å². The fourth-order valence-electron chi connectivity index (χ4n) is 10.8. The minimum Gasteiger partial charge on any atom is -0.360 e. The van der Waals surface area contributed by atoms with Gasteiger partial charge in [0, 0.05) is 102 Å². The van der Waals surface area contributed by atoms with E-state index in [9.17, 15) is 19.2 Å². The smallest absolute Gasteiger partial charge is 0.245 e. The number of nitrogens with zero attached hydrogens (tertiary/aromatic N) is 5. The Hall–Kier alpha value is -5.93. The van der Waals surface area contributed by atoms with Gasteiger partial charge in [0.1, 0.15) is 11.6 Å². The molecule has 0 radical (unpaired) electrons. The van der Waals surface area contributed by atoms with Crippen LogP contribution in [0.4, 0.5) is 11.9 Å². The lowest BCUT2D eigenvalue weighted by Crippen LogP contribution is -2.42. The Balaban J connectivity index is 0.000000197. The van der Waals surface area contributed by atoms with Crippen molar-refractivity contribution >= 4 is 91.2 Å². The molecule has 2 atom stereocenters. The molecule has 2 aliphatic heterocycles. The lowest BCUT2D eigenvalue weighted by molar-refractivity contribution is -0.131. The monoisotopic (exact) mass is 1060 g/mol. The molecule has 392 valence electrons. The zero-order valence-corrected chi connectivity index (χ0v) is 43.5. The van der Waals surface area contributed by atoms with Gasteiger partial charge in [0.2, 0.25) is 23.0 Å². The number of aromatic amines is 2. The number of hydrogen-bond acceptors (Lipinski definition) is 11. The number of allylic oxidation sites excluding steroid dienone is 1. The molecule has 5 N–H and O–H groups in total. The molecule has 6 heterocycles. The molecule has 0 spiro atoms. The zero-order chi connectivity index (χ0) is 51.3. The lowest BCUT2D eigenvalue weighted by Gasteiger charge is -2.33. The summed E-state index contributed by atoms with van der Waals surface area (Å²) >= 11 is 17.6. The molecule has 4 aliphatic rings. The summed E-state index contributed by atoms with van der Waals surface area (Å²) < 4.78 is 0. The second-order valence-corrected chi connectivity index (χ2v) is 20.9. The predicted molar refractivity (Wildman–Crippen MR) is 300 cm³/mol. The molecule has 2 saturated heterocycles. The van der Waals surface area contributed by atoms with Crippen molar-refractivity contribution in [1.29, 1.82) is 0 Å². The van der Waals surface area contributed by atoms with Gasteiger partial charge in [0.25, 0.3) is 0 Å². The van der Waals surface area contributed by atoms with E-state index in [1.165, 1.54) is 6.08 Å². The number of aromatic nitrogens is 6. The third-order valence-corrected chi connectivity index (χ3v) is 15.5. The van der Waals surface area contributed by atoms with Gasteiger partial charge in [-0.3, -0.25) is 19.2 Å². The molecule has 2 saturated carbocycles. The fourth-order valence-corrected chi connectivity index (χ4v) is 11.2. The SMILES string of the molecule is C.C=CC(=O)Cl.C=CC(=O)N1CCCC(C(=O)CC2CCC(Nc3ncc(Cl)c(-c4c[nH]c5ccccc45)n3)CC2)C1.O=C(CC1CCC(Nc2ncc(Cl)c(-c3c[nH]c4ccccc34)n2)CC1)C1CCCNC1. The first kappa shape index (κ1) is 55.8. The van der Waals surface area contributed by atoms with Gasteiger partial charge in [0.15, 0.2) is 0 Å². The van der Waals surface area contributed by atoms with E-state index in [-0.39, 0.29) is 31.2 Å². The van der Waals surface area contributed by atoms with Crippen molar-refractivity contribution in [3.63, 3.8) is 0 Å². The van der Waals surface area contributed by atoms with E-state index in [0.717, 1.165) is 148 Å². The first-order valence-corrected chi connectivity index (χ1v) is 26.8. The van der Waals surface area contributed by atoms with Crippen molar-refractivity contribution in [3.05, 3.63) is 109 Å². The third kappa shape index (κ3) is 14.7. The highest BCUT2D eigenvalue weighted by atomic mass is 35.5. The van der Waals surface area contributed by atoms with E-state index in [4.69, 9.17) is 44.8 Å². The Labute approximate surface area is 449 Å². The average Bonchev–Trinajstić information content (AvgIpc) is 4.06. The number of ketones is 2. The maximum absolute atomic E-state index is 13.0. The van der Waals surface area contributed by atoms with Gasteiger partial charge < -0.3 is 30.8 Å². The average molecular weight is 1060 g/mol. The van der Waals surface area contributed by atoms with E-state index in [1.807, 2.05) is 48.8 Å². The minimum absolute atomic E-state index is 0. The largest absolute Gasteiger partial charge is 0.360 e. The van der Waals surface area contributed by atoms with Crippen LogP contribution in [0.1, 0.15) is 97.3 Å². The molecule has 14 nitrogen and oxygen atoms in total. The number of rotatable bonds is 14. The van der Waals surface area contributed by atoms with Crippen LogP contribution in [-0.2, 0) is 19.2 Å². The van der Waals surface area contributed by atoms with E-state index in [2.05, 4.69) is 61.2 Å². The number of piperidine rings is 2. The summed E-state index contributed by atoms with van der Waals surface area (Å²) in [6, 6.07) is 16.8. The fraction of sp³-hybridized carbons (Fsp3) is 0.439. The highest BCUT2D eigenvalue weighted by Gasteiger charge is 2.31. The maximum Gasteiger partial charge on any atom is 0.245 e. The van der Waals surface area contributed by atoms with Gasteiger partial charge in [0.05, 0.1) is 33.8 Å². The molecule has 2 aliphatic carbocycles. The predicted octanol–water partition coefficient (Wildman–Crippen LogP) is 12.4. The third-order valence-electron chi connectivity index (χ3n) is 14.8. The number of fused-ring (bicyclic) bond motifs is 2. The van der Waals surface area contributed by atoms with E-state index < -0.39 is 5.24 Å². The summed E-state index contributed by atoms with van der Waals surface area (Å²) in [5.74, 6) is 2.97. The molecule has 4 fully saturated rings. The van der Waals surface area contributed by atoms with Gasteiger partial charge in [-0.25, -0.2) is 19.9 Å². The Morgan fingerprint density at radius 3 is 1.59 bits per heavy atom. The second-order valence-electron chi connectivity index (χ2n) is 19.7. The number of amides is 1. The number of halogens is 3. The Kier molecular flexibility index (Phi) is 20.4. The van der Waals surface area contributed by atoms with Crippen LogP contribution >= 0.6 is 34.8 Å². The maximum atomic E-state index is 13.0. The second kappa shape index (κ2) is 27.0. The molecule has 6 aromatic rings. The van der Waals surface area contributed by atoms with Crippen LogP contribution in [0, 0.1) is 23.7 Å². The summed E-state index contributed by atoms with van der Waals surface area (Å²) in [6.07, 6.45) is 23.0. The molecular weight excluding hydrogens is 995 g/mol. The number of carbonyl (C=O) groups is 4. The van der Waals surface area contributed by atoms with Crippen molar-refractivity contribution in [2.24, 2.45) is 23.7 Å². The number of benzene rings is 2. The summed E-state index contributed by atoms with van der Waals surface area (Å²) in [7, 11) is 0. The highest BCUT2D eigenvalue weighted by Crippen LogP contribution is 2.36. The van der Waals surface area contributed by atoms with Crippen molar-refractivity contribution < 1.29 is 19.2 Å². The summed E-state index contributed by atoms with van der Waals surface area (Å²) in [5.41, 5.74) is 5.49. The van der Waals surface area contributed by atoms with Crippen LogP contribution in [0.2, 0.25) is 10.0 Å². The number of carbonyl (C=O) groups excluding carboxylic acids is 4. The normalized spacial score (nSPS) is 21.6. The van der Waals surface area contributed by atoms with Crippen molar-refractivity contribution in [1.82, 2.24) is 40.1 Å². The number of para-hydroxylation sites is 2. The van der Waals surface area contributed by atoms with Crippen LogP contribution in [-0.4, -0.2) is 95.8 Å². The van der Waals surface area contributed by atoms with E-state index in [0.29, 0.717) is 70.0 Å². The summed E-state index contributed by atoms with van der Waals surface area (Å²) in [6.45, 7) is 9.82. The number of hydrogen-bond donors (Lipinski definition) is 5. The molecule has 0 bridgehead atoms. The number of H-pyrrole nitrogens is 2. The number of nitrogens with one attached hydrogen (secondary N) is 5. The van der Waals surface area contributed by atoms with Crippen molar-refractivity contribution in [2.75, 3.05) is 36.8 Å². The Morgan fingerprint density at radius 1 is 0.662 bits per heavy atom. The Bertz CT molecular complexity index is 2880. The summed E-state index contributed by atoms with van der Waals surface area (Å²) in [5, 5.41) is 13.1. The molecule has 74 heavy (non-hydrogen) atoms.